The molecule has 0 aromatic heterocycles. The Bertz CT molecular complexity index is 1260. The van der Waals surface area contributed by atoms with Gasteiger partial charge in [0.25, 0.3) is 11.8 Å². The first-order valence-corrected chi connectivity index (χ1v) is 10.1. The van der Waals surface area contributed by atoms with Gasteiger partial charge in [0.1, 0.15) is 0 Å². The number of amides is 2. The molecule has 1 N–H and O–H groups in total. The molecule has 0 spiro atoms. The molecule has 7 nitrogen and oxygen atoms in total. The fraction of sp³-hybridized carbons (Fsp3) is 0.0800. The predicted octanol–water partition coefficient (Wildman–Crippen LogP) is 4.47. The Labute approximate surface area is 184 Å². The summed E-state index contributed by atoms with van der Waals surface area (Å²) < 4.78 is 10.6. The van der Waals surface area contributed by atoms with E-state index in [1.807, 2.05) is 49.4 Å². The molecular formula is C25H19N3O4. The number of carbonyl (C=O) groups is 2. The van der Waals surface area contributed by atoms with Gasteiger partial charge in [0.2, 0.25) is 6.79 Å². The zero-order valence-corrected chi connectivity index (χ0v) is 17.2. The molecule has 0 radical (unpaired) electrons. The van der Waals surface area contributed by atoms with E-state index >= 15 is 0 Å². The summed E-state index contributed by atoms with van der Waals surface area (Å²) in [6, 6.07) is 21.6. The van der Waals surface area contributed by atoms with Crippen molar-refractivity contribution in [3.05, 3.63) is 89.5 Å². The molecule has 0 fully saturated rings. The van der Waals surface area contributed by atoms with Crippen molar-refractivity contribution >= 4 is 35.0 Å². The van der Waals surface area contributed by atoms with Crippen molar-refractivity contribution in [3.63, 3.8) is 0 Å². The number of fused-ring (bicyclic) bond motifs is 1. The summed E-state index contributed by atoms with van der Waals surface area (Å²) in [5.41, 5.74) is 3.86. The van der Waals surface area contributed by atoms with Crippen molar-refractivity contribution in [1.29, 1.82) is 0 Å². The van der Waals surface area contributed by atoms with Gasteiger partial charge in [-0.2, -0.15) is 10.1 Å². The second kappa shape index (κ2) is 8.03. The SMILES string of the molecule is CC1=NN(c2ccccc2)C(=O)/C1=C/c1ccc(NC(=O)c2ccc3c(c2)OCO3)cc1. The Balaban J connectivity index is 1.30. The molecule has 158 valence electrons. The molecule has 0 unspecified atom stereocenters. The number of ether oxygens (including phenoxy) is 2. The Morgan fingerprint density at radius 3 is 2.53 bits per heavy atom. The third-order valence-corrected chi connectivity index (χ3v) is 5.18. The number of hydrogen-bond acceptors (Lipinski definition) is 5. The number of nitrogens with zero attached hydrogens (tertiary/aromatic N) is 2. The lowest BCUT2D eigenvalue weighted by Crippen LogP contribution is -2.21. The summed E-state index contributed by atoms with van der Waals surface area (Å²) in [6.07, 6.45) is 1.80. The van der Waals surface area contributed by atoms with Crippen LogP contribution in [0.2, 0.25) is 0 Å². The Kier molecular flexibility index (Phi) is 4.91. The lowest BCUT2D eigenvalue weighted by Gasteiger charge is -2.11. The molecule has 0 saturated carbocycles. The number of hydrazone groups is 1. The zero-order chi connectivity index (χ0) is 22.1. The monoisotopic (exact) mass is 425 g/mol. The summed E-state index contributed by atoms with van der Waals surface area (Å²) in [7, 11) is 0. The quantitative estimate of drug-likeness (QED) is 0.626. The van der Waals surface area contributed by atoms with Crippen molar-refractivity contribution < 1.29 is 19.1 Å². The highest BCUT2D eigenvalue weighted by Gasteiger charge is 2.28. The van der Waals surface area contributed by atoms with Gasteiger partial charge < -0.3 is 14.8 Å². The number of hydrogen-bond donors (Lipinski definition) is 1. The molecule has 0 atom stereocenters. The fourth-order valence-corrected chi connectivity index (χ4v) is 3.50. The molecule has 2 heterocycles. The van der Waals surface area contributed by atoms with Crippen LogP contribution in [0.25, 0.3) is 6.08 Å². The summed E-state index contributed by atoms with van der Waals surface area (Å²) >= 11 is 0. The van der Waals surface area contributed by atoms with Gasteiger partial charge in [-0.05, 0) is 61.0 Å². The molecule has 32 heavy (non-hydrogen) atoms. The summed E-state index contributed by atoms with van der Waals surface area (Å²) in [6.45, 7) is 1.97. The van der Waals surface area contributed by atoms with Crippen molar-refractivity contribution in [1.82, 2.24) is 0 Å². The van der Waals surface area contributed by atoms with Crippen LogP contribution in [0.3, 0.4) is 0 Å². The number of carbonyl (C=O) groups excluding carboxylic acids is 2. The van der Waals surface area contributed by atoms with Gasteiger partial charge in [-0.1, -0.05) is 30.3 Å². The van der Waals surface area contributed by atoms with E-state index in [-0.39, 0.29) is 18.6 Å². The van der Waals surface area contributed by atoms with Crippen molar-refractivity contribution in [2.45, 2.75) is 6.92 Å². The van der Waals surface area contributed by atoms with Crippen molar-refractivity contribution in [2.24, 2.45) is 5.10 Å². The molecule has 7 heteroatoms. The van der Waals surface area contributed by atoms with E-state index in [1.54, 1.807) is 36.4 Å². The Hall–Kier alpha value is -4.39. The van der Waals surface area contributed by atoms with Crippen LogP contribution < -0.4 is 19.8 Å². The maximum Gasteiger partial charge on any atom is 0.280 e. The normalized spacial score (nSPS) is 15.8. The average Bonchev–Trinajstić information content (AvgIpc) is 3.40. The summed E-state index contributed by atoms with van der Waals surface area (Å²) in [5.74, 6) is 0.767. The van der Waals surface area contributed by atoms with E-state index in [4.69, 9.17) is 9.47 Å². The number of rotatable bonds is 4. The van der Waals surface area contributed by atoms with Crippen molar-refractivity contribution in [3.8, 4) is 11.5 Å². The number of para-hydroxylation sites is 1. The average molecular weight is 425 g/mol. The van der Waals surface area contributed by atoms with E-state index in [2.05, 4.69) is 10.4 Å². The highest BCUT2D eigenvalue weighted by Crippen LogP contribution is 2.32. The Morgan fingerprint density at radius 1 is 1.00 bits per heavy atom. The standard InChI is InChI=1S/C25H19N3O4/c1-16-21(25(30)28(27-16)20-5-3-2-4-6-20)13-17-7-10-19(11-8-17)26-24(29)18-9-12-22-23(14-18)32-15-31-22/h2-14H,15H2,1H3,(H,26,29)/b21-13+. The smallest absolute Gasteiger partial charge is 0.280 e. The van der Waals surface area contributed by atoms with Gasteiger partial charge in [0.15, 0.2) is 11.5 Å². The summed E-state index contributed by atoms with van der Waals surface area (Å²) in [4.78, 5) is 25.4. The van der Waals surface area contributed by atoms with Crippen LogP contribution in [0.1, 0.15) is 22.8 Å². The van der Waals surface area contributed by atoms with E-state index in [0.29, 0.717) is 34.0 Å². The Morgan fingerprint density at radius 2 is 1.75 bits per heavy atom. The number of anilines is 2. The molecule has 2 aliphatic heterocycles. The molecule has 3 aromatic rings. The zero-order valence-electron chi connectivity index (χ0n) is 17.2. The molecular weight excluding hydrogens is 406 g/mol. The van der Waals surface area contributed by atoms with Crippen LogP contribution >= 0.6 is 0 Å². The van der Waals surface area contributed by atoms with Crippen LogP contribution in [-0.4, -0.2) is 24.3 Å². The van der Waals surface area contributed by atoms with Crippen LogP contribution in [-0.2, 0) is 4.79 Å². The third-order valence-electron chi connectivity index (χ3n) is 5.18. The minimum atomic E-state index is -0.248. The van der Waals surface area contributed by atoms with Crippen LogP contribution in [0.5, 0.6) is 11.5 Å². The highest BCUT2D eigenvalue weighted by atomic mass is 16.7. The largest absolute Gasteiger partial charge is 0.454 e. The molecule has 5 rings (SSSR count). The molecule has 2 aliphatic rings. The first-order valence-electron chi connectivity index (χ1n) is 10.1. The number of benzene rings is 3. The molecule has 3 aromatic carbocycles. The van der Waals surface area contributed by atoms with Gasteiger partial charge in [-0.25, -0.2) is 0 Å². The number of nitrogens with one attached hydrogen (secondary N) is 1. The van der Waals surface area contributed by atoms with Gasteiger partial charge in [0.05, 0.1) is 17.0 Å². The fourth-order valence-electron chi connectivity index (χ4n) is 3.50. The van der Waals surface area contributed by atoms with Gasteiger partial charge in [0, 0.05) is 11.3 Å². The minimum Gasteiger partial charge on any atom is -0.454 e. The topological polar surface area (TPSA) is 80.2 Å². The summed E-state index contributed by atoms with van der Waals surface area (Å²) in [5, 5.41) is 8.65. The second-order valence-electron chi connectivity index (χ2n) is 7.34. The first-order chi connectivity index (χ1) is 15.6. The second-order valence-corrected chi connectivity index (χ2v) is 7.34. The van der Waals surface area contributed by atoms with E-state index in [1.165, 1.54) is 5.01 Å². The van der Waals surface area contributed by atoms with Gasteiger partial charge >= 0.3 is 0 Å². The maximum atomic E-state index is 12.8. The van der Waals surface area contributed by atoms with E-state index in [0.717, 1.165) is 11.3 Å². The molecule has 0 aliphatic carbocycles. The van der Waals surface area contributed by atoms with E-state index in [9.17, 15) is 9.59 Å². The molecule has 2 amide bonds. The predicted molar refractivity (Wildman–Crippen MR) is 122 cm³/mol. The van der Waals surface area contributed by atoms with Crippen molar-refractivity contribution in [2.75, 3.05) is 17.1 Å². The highest BCUT2D eigenvalue weighted by molar-refractivity contribution is 6.32. The van der Waals surface area contributed by atoms with Crippen LogP contribution in [0.4, 0.5) is 11.4 Å². The molecule has 0 saturated heterocycles. The van der Waals surface area contributed by atoms with Crippen LogP contribution in [0.15, 0.2) is 83.5 Å². The third kappa shape index (κ3) is 3.72. The van der Waals surface area contributed by atoms with Crippen LogP contribution in [0, 0.1) is 0 Å². The lowest BCUT2D eigenvalue weighted by molar-refractivity contribution is -0.114. The molecule has 0 bridgehead atoms. The minimum absolute atomic E-state index is 0.160. The van der Waals surface area contributed by atoms with Gasteiger partial charge in [-0.3, -0.25) is 9.59 Å². The maximum absolute atomic E-state index is 12.8. The van der Waals surface area contributed by atoms with Gasteiger partial charge in [-0.15, -0.1) is 0 Å². The first kappa shape index (κ1) is 19.6. The lowest BCUT2D eigenvalue weighted by atomic mass is 10.1. The van der Waals surface area contributed by atoms with E-state index < -0.39 is 0 Å².